The van der Waals surface area contributed by atoms with E-state index in [4.69, 9.17) is 22.1 Å². The van der Waals surface area contributed by atoms with Crippen LogP contribution in [-0.4, -0.2) is 23.0 Å². The summed E-state index contributed by atoms with van der Waals surface area (Å²) in [5, 5.41) is 4.59. The monoisotopic (exact) mass is 383 g/mol. The summed E-state index contributed by atoms with van der Waals surface area (Å²) in [5.41, 5.74) is 8.98. The number of amides is 2. The molecule has 3 aromatic rings. The zero-order valence-corrected chi connectivity index (χ0v) is 15.4. The summed E-state index contributed by atoms with van der Waals surface area (Å²) >= 11 is 6.06. The van der Waals surface area contributed by atoms with Gasteiger partial charge in [0.1, 0.15) is 5.69 Å². The number of fused-ring (bicyclic) bond motifs is 2. The molecule has 0 saturated heterocycles. The molecule has 4 rings (SSSR count). The van der Waals surface area contributed by atoms with Gasteiger partial charge in [0.05, 0.1) is 19.3 Å². The smallest absolute Gasteiger partial charge is 0.268 e. The van der Waals surface area contributed by atoms with Crippen LogP contribution in [0.4, 0.5) is 0 Å². The number of aromatic nitrogens is 1. The lowest BCUT2D eigenvalue weighted by molar-refractivity contribution is 0.0702. The Morgan fingerprint density at radius 3 is 2.81 bits per heavy atom. The summed E-state index contributed by atoms with van der Waals surface area (Å²) < 4.78 is 7.41. The van der Waals surface area contributed by atoms with Gasteiger partial charge in [0, 0.05) is 28.5 Å². The molecular formula is C20H18ClN3O3. The highest BCUT2D eigenvalue weighted by atomic mass is 35.5. The van der Waals surface area contributed by atoms with Crippen LogP contribution in [0.1, 0.15) is 38.0 Å². The number of halogens is 1. The number of hydrogen-bond acceptors (Lipinski definition) is 3. The Morgan fingerprint density at radius 1 is 1.22 bits per heavy atom. The molecule has 7 heteroatoms. The molecule has 1 unspecified atom stereocenters. The second-order valence-corrected chi connectivity index (χ2v) is 7.05. The first-order chi connectivity index (χ1) is 12.9. The lowest BCUT2D eigenvalue weighted by atomic mass is 9.96. The van der Waals surface area contributed by atoms with Crippen LogP contribution in [0.3, 0.4) is 0 Å². The third kappa shape index (κ3) is 3.18. The molecule has 1 aliphatic heterocycles. The van der Waals surface area contributed by atoms with E-state index < -0.39 is 5.91 Å². The average Bonchev–Trinajstić information content (AvgIpc) is 2.98. The molecule has 1 aliphatic rings. The van der Waals surface area contributed by atoms with E-state index in [1.54, 1.807) is 18.2 Å². The van der Waals surface area contributed by atoms with Crippen LogP contribution in [-0.2, 0) is 18.4 Å². The van der Waals surface area contributed by atoms with E-state index in [1.807, 2.05) is 35.9 Å². The summed E-state index contributed by atoms with van der Waals surface area (Å²) in [6.07, 6.45) is 0. The molecule has 2 aromatic carbocycles. The van der Waals surface area contributed by atoms with Crippen molar-refractivity contribution in [3.8, 4) is 0 Å². The largest absolute Gasteiger partial charge is 0.374 e. The predicted molar refractivity (Wildman–Crippen MR) is 103 cm³/mol. The van der Waals surface area contributed by atoms with Crippen LogP contribution in [0.2, 0.25) is 5.02 Å². The quantitative estimate of drug-likeness (QED) is 0.729. The van der Waals surface area contributed by atoms with Crippen molar-refractivity contribution >= 4 is 34.3 Å². The summed E-state index contributed by atoms with van der Waals surface area (Å²) in [4.78, 5) is 24.3. The van der Waals surface area contributed by atoms with E-state index in [2.05, 4.69) is 5.32 Å². The maximum Gasteiger partial charge on any atom is 0.268 e. The number of carbonyl (C=O) groups excluding carboxylic acids is 2. The van der Waals surface area contributed by atoms with Crippen LogP contribution in [0.5, 0.6) is 0 Å². The van der Waals surface area contributed by atoms with Crippen molar-refractivity contribution in [2.24, 2.45) is 12.8 Å². The number of rotatable bonds is 3. The van der Waals surface area contributed by atoms with Gasteiger partial charge >= 0.3 is 0 Å². The molecule has 0 spiro atoms. The SMILES string of the molecule is Cn1c(C(=O)NC2COCc3cc(C(N)=O)ccc32)cc2ccc(Cl)cc21. The van der Waals surface area contributed by atoms with Crippen LogP contribution in [0.25, 0.3) is 10.9 Å². The van der Waals surface area contributed by atoms with Gasteiger partial charge in [-0.2, -0.15) is 0 Å². The lowest BCUT2D eigenvalue weighted by Gasteiger charge is -2.27. The molecule has 0 aliphatic carbocycles. The van der Waals surface area contributed by atoms with Crippen molar-refractivity contribution in [1.82, 2.24) is 9.88 Å². The summed E-state index contributed by atoms with van der Waals surface area (Å²) in [6, 6.07) is 12.3. The van der Waals surface area contributed by atoms with Crippen molar-refractivity contribution < 1.29 is 14.3 Å². The minimum absolute atomic E-state index is 0.203. The van der Waals surface area contributed by atoms with Crippen molar-refractivity contribution in [2.45, 2.75) is 12.6 Å². The molecule has 0 radical (unpaired) electrons. The molecule has 2 amide bonds. The highest BCUT2D eigenvalue weighted by Crippen LogP contribution is 2.27. The number of nitrogens with two attached hydrogens (primary N) is 1. The number of carbonyl (C=O) groups is 2. The second kappa shape index (κ2) is 6.72. The fraction of sp³-hybridized carbons (Fsp3) is 0.200. The van der Waals surface area contributed by atoms with Crippen molar-refractivity contribution in [1.29, 1.82) is 0 Å². The first kappa shape index (κ1) is 17.6. The van der Waals surface area contributed by atoms with Gasteiger partial charge in [-0.05, 0) is 41.5 Å². The van der Waals surface area contributed by atoms with Gasteiger partial charge in [0.25, 0.3) is 5.91 Å². The van der Waals surface area contributed by atoms with E-state index in [-0.39, 0.29) is 11.9 Å². The molecule has 6 nitrogen and oxygen atoms in total. The number of nitrogens with zero attached hydrogens (tertiary/aromatic N) is 1. The molecule has 2 heterocycles. The number of nitrogens with one attached hydrogen (secondary N) is 1. The zero-order valence-electron chi connectivity index (χ0n) is 14.7. The number of aryl methyl sites for hydroxylation is 1. The topological polar surface area (TPSA) is 86.3 Å². The molecule has 138 valence electrons. The first-order valence-corrected chi connectivity index (χ1v) is 8.88. The second-order valence-electron chi connectivity index (χ2n) is 6.61. The van der Waals surface area contributed by atoms with E-state index >= 15 is 0 Å². The van der Waals surface area contributed by atoms with Gasteiger partial charge in [0.2, 0.25) is 5.91 Å². The zero-order chi connectivity index (χ0) is 19.1. The number of benzene rings is 2. The molecule has 1 aromatic heterocycles. The van der Waals surface area contributed by atoms with Gasteiger partial charge in [-0.1, -0.05) is 23.7 Å². The van der Waals surface area contributed by atoms with Gasteiger partial charge in [0.15, 0.2) is 0 Å². The van der Waals surface area contributed by atoms with Crippen molar-refractivity contribution in [3.05, 3.63) is 69.9 Å². The Bertz CT molecular complexity index is 1070. The van der Waals surface area contributed by atoms with Gasteiger partial charge in [-0.3, -0.25) is 9.59 Å². The van der Waals surface area contributed by atoms with E-state index in [9.17, 15) is 9.59 Å². The van der Waals surface area contributed by atoms with Crippen molar-refractivity contribution in [3.63, 3.8) is 0 Å². The van der Waals surface area contributed by atoms with E-state index in [0.29, 0.717) is 29.5 Å². The molecular weight excluding hydrogens is 366 g/mol. The standard InChI is InChI=1S/C20H18ClN3O3/c1-24-17-8-14(21)4-2-11(17)7-18(24)20(26)23-16-10-27-9-13-6-12(19(22)25)3-5-15(13)16/h2-8,16H,9-10H2,1H3,(H2,22,25)(H,23,26). The Kier molecular flexibility index (Phi) is 4.37. The lowest BCUT2D eigenvalue weighted by Crippen LogP contribution is -2.35. The minimum atomic E-state index is -0.488. The fourth-order valence-corrected chi connectivity index (χ4v) is 3.64. The third-order valence-electron chi connectivity index (χ3n) is 4.89. The van der Waals surface area contributed by atoms with Gasteiger partial charge in [-0.25, -0.2) is 0 Å². The van der Waals surface area contributed by atoms with Crippen LogP contribution >= 0.6 is 11.6 Å². The Labute approximate surface area is 160 Å². The fourth-order valence-electron chi connectivity index (χ4n) is 3.47. The van der Waals surface area contributed by atoms with E-state index in [0.717, 1.165) is 22.0 Å². The summed E-state index contributed by atoms with van der Waals surface area (Å²) in [5.74, 6) is -0.691. The maximum absolute atomic E-state index is 12.9. The summed E-state index contributed by atoms with van der Waals surface area (Å²) in [7, 11) is 1.83. The van der Waals surface area contributed by atoms with Crippen molar-refractivity contribution in [2.75, 3.05) is 6.61 Å². The normalized spacial score (nSPS) is 16.1. The number of primary amides is 1. The number of hydrogen-bond donors (Lipinski definition) is 2. The molecule has 0 fully saturated rings. The Hall–Kier alpha value is -2.83. The minimum Gasteiger partial charge on any atom is -0.374 e. The van der Waals surface area contributed by atoms with Crippen LogP contribution in [0.15, 0.2) is 42.5 Å². The van der Waals surface area contributed by atoms with Crippen LogP contribution < -0.4 is 11.1 Å². The van der Waals surface area contributed by atoms with Crippen LogP contribution in [0, 0.1) is 0 Å². The number of ether oxygens (including phenoxy) is 1. The molecule has 27 heavy (non-hydrogen) atoms. The maximum atomic E-state index is 12.9. The highest BCUT2D eigenvalue weighted by Gasteiger charge is 2.25. The predicted octanol–water partition coefficient (Wildman–Crippen LogP) is 2.93. The average molecular weight is 384 g/mol. The Morgan fingerprint density at radius 2 is 2.04 bits per heavy atom. The molecule has 3 N–H and O–H groups in total. The van der Waals surface area contributed by atoms with Gasteiger partial charge < -0.3 is 20.4 Å². The third-order valence-corrected chi connectivity index (χ3v) is 5.13. The Balaban J connectivity index is 1.63. The molecule has 0 saturated carbocycles. The van der Waals surface area contributed by atoms with E-state index in [1.165, 1.54) is 0 Å². The first-order valence-electron chi connectivity index (χ1n) is 8.50. The summed E-state index contributed by atoms with van der Waals surface area (Å²) in [6.45, 7) is 0.750. The molecule has 0 bridgehead atoms. The van der Waals surface area contributed by atoms with Gasteiger partial charge in [-0.15, -0.1) is 0 Å². The molecule has 1 atom stereocenters. The highest BCUT2D eigenvalue weighted by molar-refractivity contribution is 6.31.